The molecule has 0 amide bonds. The summed E-state index contributed by atoms with van der Waals surface area (Å²) in [5, 5.41) is 8.69. The highest BCUT2D eigenvalue weighted by atomic mass is 19.4. The molecule has 2 aromatic carbocycles. The average molecular weight is 582 g/mol. The van der Waals surface area contributed by atoms with Crippen LogP contribution in [-0.2, 0) is 12.6 Å². The van der Waals surface area contributed by atoms with Gasteiger partial charge in [0, 0.05) is 17.0 Å². The summed E-state index contributed by atoms with van der Waals surface area (Å²) in [5.41, 5.74) is 14.4. The van der Waals surface area contributed by atoms with Crippen LogP contribution in [0.5, 0.6) is 0 Å². The standard InChI is InChI=1S/C14H17F3N2.C9H10O2.C6H15N.2C2H6/c1-5-10-6-11(14(15,16)17)7-12(9(4)18)13(10)19-8(2)3;1-6-3-4-7(2)8(5-6)9(10)11;1-2-3-4-5-6-7;2*1-2/h6-7H,4-5,18H2,1-3H3;3-5H,1-2H3,(H,10,11);2-7H2,1H3;2*1-2H3. The topological polar surface area (TPSA) is 102 Å². The second-order valence-corrected chi connectivity index (χ2v) is 8.94. The molecule has 0 aliphatic carbocycles. The van der Waals surface area contributed by atoms with E-state index in [4.69, 9.17) is 16.6 Å². The lowest BCUT2D eigenvalue weighted by Gasteiger charge is -2.15. The molecule has 234 valence electrons. The maximum absolute atomic E-state index is 12.8. The van der Waals surface area contributed by atoms with Crippen LogP contribution in [-0.4, -0.2) is 23.3 Å². The Balaban J connectivity index is -0.000000554. The number of rotatable bonds is 8. The van der Waals surface area contributed by atoms with Crippen LogP contribution in [0.2, 0.25) is 0 Å². The minimum atomic E-state index is -4.41. The summed E-state index contributed by atoms with van der Waals surface area (Å²) in [4.78, 5) is 14.9. The molecule has 0 aliphatic rings. The first-order valence-electron chi connectivity index (χ1n) is 14.4. The van der Waals surface area contributed by atoms with Crippen LogP contribution in [0, 0.1) is 13.8 Å². The molecule has 2 rings (SSSR count). The number of benzene rings is 2. The van der Waals surface area contributed by atoms with Crippen molar-refractivity contribution in [1.29, 1.82) is 0 Å². The third-order valence-corrected chi connectivity index (χ3v) is 5.26. The van der Waals surface area contributed by atoms with Crippen molar-refractivity contribution in [3.05, 3.63) is 70.3 Å². The Morgan fingerprint density at radius 1 is 0.951 bits per heavy atom. The summed E-state index contributed by atoms with van der Waals surface area (Å²) in [6.07, 6.45) is 1.20. The zero-order valence-electron chi connectivity index (χ0n) is 26.9. The highest BCUT2D eigenvalue weighted by molar-refractivity contribution is 5.89. The molecule has 0 atom stereocenters. The summed E-state index contributed by atoms with van der Waals surface area (Å²) < 4.78 is 38.5. The van der Waals surface area contributed by atoms with Crippen LogP contribution < -0.4 is 11.5 Å². The van der Waals surface area contributed by atoms with E-state index in [9.17, 15) is 18.0 Å². The van der Waals surface area contributed by atoms with E-state index in [0.29, 0.717) is 23.2 Å². The fourth-order valence-corrected chi connectivity index (χ4v) is 3.27. The van der Waals surface area contributed by atoms with Gasteiger partial charge in [-0.05, 0) is 76.4 Å². The molecule has 0 saturated heterocycles. The number of aliphatic imine (C=N–C) groups is 1. The third-order valence-electron chi connectivity index (χ3n) is 5.26. The number of hydrogen-bond donors (Lipinski definition) is 3. The molecular weight excluding hydrogens is 527 g/mol. The van der Waals surface area contributed by atoms with Crippen molar-refractivity contribution < 1.29 is 23.1 Å². The number of carbonyl (C=O) groups is 1. The van der Waals surface area contributed by atoms with Gasteiger partial charge in [-0.3, -0.25) is 4.99 Å². The minimum Gasteiger partial charge on any atom is -0.478 e. The second-order valence-electron chi connectivity index (χ2n) is 8.94. The highest BCUT2D eigenvalue weighted by Crippen LogP contribution is 2.37. The van der Waals surface area contributed by atoms with E-state index in [-0.39, 0.29) is 11.3 Å². The van der Waals surface area contributed by atoms with Crippen molar-refractivity contribution >= 4 is 23.1 Å². The number of unbranched alkanes of at least 4 members (excludes halogenated alkanes) is 3. The van der Waals surface area contributed by atoms with Crippen molar-refractivity contribution in [2.24, 2.45) is 16.5 Å². The first-order chi connectivity index (χ1) is 19.2. The number of nitrogens with two attached hydrogens (primary N) is 2. The Morgan fingerprint density at radius 2 is 1.51 bits per heavy atom. The highest BCUT2D eigenvalue weighted by Gasteiger charge is 2.32. The molecule has 0 radical (unpaired) electrons. The second kappa shape index (κ2) is 23.6. The zero-order valence-corrected chi connectivity index (χ0v) is 26.9. The van der Waals surface area contributed by atoms with Gasteiger partial charge in [-0.1, -0.05) is 85.1 Å². The van der Waals surface area contributed by atoms with Gasteiger partial charge in [0.1, 0.15) is 0 Å². The van der Waals surface area contributed by atoms with Crippen molar-refractivity contribution in [3.8, 4) is 0 Å². The minimum absolute atomic E-state index is 0.0841. The molecule has 8 heteroatoms. The zero-order chi connectivity index (χ0) is 32.8. The van der Waals surface area contributed by atoms with Gasteiger partial charge in [-0.2, -0.15) is 13.2 Å². The number of carboxylic acids is 1. The van der Waals surface area contributed by atoms with Crippen molar-refractivity contribution in [1.82, 2.24) is 0 Å². The summed E-state index contributed by atoms with van der Waals surface area (Å²) in [6, 6.07) is 7.52. The number of carboxylic acid groups (broad SMARTS) is 1. The Hall–Kier alpha value is -3.13. The summed E-state index contributed by atoms with van der Waals surface area (Å²) >= 11 is 0. The molecule has 5 nitrogen and oxygen atoms in total. The van der Waals surface area contributed by atoms with Gasteiger partial charge in [0.2, 0.25) is 0 Å². The molecule has 2 aromatic rings. The van der Waals surface area contributed by atoms with E-state index in [1.165, 1.54) is 25.7 Å². The molecule has 0 heterocycles. The van der Waals surface area contributed by atoms with Crippen LogP contribution in [0.15, 0.2) is 41.9 Å². The van der Waals surface area contributed by atoms with Crippen LogP contribution >= 0.6 is 0 Å². The first kappa shape index (κ1) is 42.3. The fourth-order valence-electron chi connectivity index (χ4n) is 3.27. The summed E-state index contributed by atoms with van der Waals surface area (Å²) in [7, 11) is 0. The van der Waals surface area contributed by atoms with Crippen LogP contribution in [0.4, 0.5) is 18.9 Å². The van der Waals surface area contributed by atoms with Gasteiger partial charge in [-0.25, -0.2) is 4.79 Å². The molecular formula is C33H54F3N3O2. The molecule has 41 heavy (non-hydrogen) atoms. The summed E-state index contributed by atoms with van der Waals surface area (Å²) in [6.45, 7) is 23.6. The van der Waals surface area contributed by atoms with Crippen molar-refractivity contribution in [2.45, 2.75) is 108 Å². The van der Waals surface area contributed by atoms with Crippen molar-refractivity contribution in [2.75, 3.05) is 6.54 Å². The molecule has 5 N–H and O–H groups in total. The largest absolute Gasteiger partial charge is 0.478 e. The Morgan fingerprint density at radius 3 is 1.88 bits per heavy atom. The SMILES string of the molecule is C=C(N)c1cc(C(F)(F)F)cc(CC)c1N=C(C)C.CC.CC.CCCCCCN.Cc1ccc(C)c(C(=O)O)c1. The van der Waals surface area contributed by atoms with E-state index in [1.807, 2.05) is 46.8 Å². The Labute approximate surface area is 247 Å². The predicted molar refractivity (Wildman–Crippen MR) is 171 cm³/mol. The monoisotopic (exact) mass is 581 g/mol. The van der Waals surface area contributed by atoms with Gasteiger partial charge < -0.3 is 16.6 Å². The molecule has 0 aromatic heterocycles. The first-order valence-corrected chi connectivity index (χ1v) is 14.4. The lowest BCUT2D eigenvalue weighted by Crippen LogP contribution is -2.08. The number of alkyl halides is 3. The molecule has 0 fully saturated rings. The number of aromatic carboxylic acids is 1. The van der Waals surface area contributed by atoms with Crippen molar-refractivity contribution in [3.63, 3.8) is 0 Å². The molecule has 0 unspecified atom stereocenters. The number of hydrogen-bond acceptors (Lipinski definition) is 4. The van der Waals surface area contributed by atoms with E-state index in [1.54, 1.807) is 33.8 Å². The third kappa shape index (κ3) is 18.0. The van der Waals surface area contributed by atoms with Gasteiger partial charge in [0.15, 0.2) is 0 Å². The van der Waals surface area contributed by atoms with Gasteiger partial charge in [-0.15, -0.1) is 0 Å². The number of aryl methyl sites for hydroxylation is 3. The van der Waals surface area contributed by atoms with Crippen LogP contribution in [0.1, 0.15) is 119 Å². The lowest BCUT2D eigenvalue weighted by atomic mass is 9.99. The number of halogens is 3. The Kier molecular flexibility index (Phi) is 24.3. The van der Waals surface area contributed by atoms with Gasteiger partial charge in [0.25, 0.3) is 0 Å². The maximum Gasteiger partial charge on any atom is 0.416 e. The lowest BCUT2D eigenvalue weighted by molar-refractivity contribution is -0.137. The predicted octanol–water partition coefficient (Wildman–Crippen LogP) is 9.89. The van der Waals surface area contributed by atoms with E-state index in [0.717, 1.165) is 35.5 Å². The quantitative estimate of drug-likeness (QED) is 0.213. The Bertz CT molecular complexity index is 1050. The maximum atomic E-state index is 12.8. The molecule has 0 bridgehead atoms. The fraction of sp³-hybridized carbons (Fsp3) is 0.515. The van der Waals surface area contributed by atoms with E-state index >= 15 is 0 Å². The van der Waals surface area contributed by atoms with E-state index in [2.05, 4.69) is 18.5 Å². The normalized spacial score (nSPS) is 9.71. The smallest absolute Gasteiger partial charge is 0.416 e. The number of nitrogens with zero attached hydrogens (tertiary/aromatic N) is 1. The van der Waals surface area contributed by atoms with Gasteiger partial charge in [0.05, 0.1) is 16.8 Å². The van der Waals surface area contributed by atoms with Crippen LogP contribution in [0.3, 0.4) is 0 Å². The van der Waals surface area contributed by atoms with Crippen LogP contribution in [0.25, 0.3) is 5.70 Å². The molecule has 0 saturated carbocycles. The molecule has 0 spiro atoms. The summed E-state index contributed by atoms with van der Waals surface area (Å²) in [5.74, 6) is -0.855. The van der Waals surface area contributed by atoms with Gasteiger partial charge >= 0.3 is 12.1 Å². The van der Waals surface area contributed by atoms with E-state index < -0.39 is 17.7 Å². The average Bonchev–Trinajstić information content (AvgIpc) is 2.92. The molecule has 0 aliphatic heterocycles.